The number of esters is 1. The lowest BCUT2D eigenvalue weighted by Gasteiger charge is -2.08. The molecule has 0 radical (unpaired) electrons. The average molecular weight is 387 g/mol. The van der Waals surface area contributed by atoms with Crippen LogP contribution in [0.5, 0.6) is 0 Å². The molecule has 0 spiro atoms. The predicted molar refractivity (Wildman–Crippen MR) is 98.8 cm³/mol. The summed E-state index contributed by atoms with van der Waals surface area (Å²) in [6.45, 7) is 1.78. The smallest absolute Gasteiger partial charge is 0.341 e. The molecule has 1 heterocycles. The first-order valence-corrected chi connectivity index (χ1v) is 8.61. The van der Waals surface area contributed by atoms with Crippen molar-refractivity contribution in [1.29, 1.82) is 5.26 Å². The van der Waals surface area contributed by atoms with E-state index in [0.29, 0.717) is 11.1 Å². The van der Waals surface area contributed by atoms with E-state index in [0.717, 1.165) is 11.3 Å². The number of carbonyl (C=O) groups excluding carboxylic acids is 3. The molecule has 0 aliphatic carbocycles. The molecule has 2 amide bonds. The fraction of sp³-hybridized carbons (Fsp3) is 0.222. The Morgan fingerprint density at radius 1 is 1.30 bits per heavy atom. The van der Waals surface area contributed by atoms with Crippen LogP contribution in [0.1, 0.15) is 41.5 Å². The third-order valence-corrected chi connectivity index (χ3v) is 4.80. The number of nitrogens with two attached hydrogens (primary N) is 1. The van der Waals surface area contributed by atoms with Crippen molar-refractivity contribution in [3.8, 4) is 6.07 Å². The van der Waals surface area contributed by atoms with Gasteiger partial charge in [-0.2, -0.15) is 5.26 Å². The van der Waals surface area contributed by atoms with Crippen molar-refractivity contribution in [2.45, 2.75) is 6.92 Å². The van der Waals surface area contributed by atoms with Gasteiger partial charge >= 0.3 is 5.97 Å². The van der Waals surface area contributed by atoms with Crippen LogP contribution in [0.15, 0.2) is 24.3 Å². The second-order valence-corrected chi connectivity index (χ2v) is 6.42. The molecule has 1 aromatic heterocycles. The number of amides is 2. The Morgan fingerprint density at radius 3 is 2.67 bits per heavy atom. The summed E-state index contributed by atoms with van der Waals surface area (Å²) < 4.78 is 9.93. The minimum absolute atomic E-state index is 0.0220. The number of thiophene rings is 1. The molecule has 8 nitrogen and oxygen atoms in total. The number of hydrogen-bond donors (Lipinski definition) is 2. The van der Waals surface area contributed by atoms with E-state index in [2.05, 4.69) is 5.32 Å². The SMILES string of the molecule is COCCOC(=O)c1c(NC(=O)c2cccc(C#N)c2)sc(C(N)=O)c1C. The minimum atomic E-state index is -0.713. The number of hydrogen-bond acceptors (Lipinski definition) is 7. The number of carbonyl (C=O) groups is 3. The van der Waals surface area contributed by atoms with Crippen LogP contribution in [-0.2, 0) is 9.47 Å². The standard InChI is InChI=1S/C18H17N3O5S/c1-10-13(18(24)26-7-6-25-2)17(27-14(10)15(20)22)21-16(23)12-5-3-4-11(8-12)9-19/h3-5,8H,6-7H2,1-2H3,(H2,20,22)(H,21,23). The molecular formula is C18H17N3O5S. The maximum atomic E-state index is 12.5. The molecule has 2 rings (SSSR count). The number of benzene rings is 1. The first kappa shape index (κ1) is 20.1. The molecule has 9 heteroatoms. The Balaban J connectivity index is 2.35. The van der Waals surface area contributed by atoms with Gasteiger partial charge in [0.1, 0.15) is 11.6 Å². The molecule has 1 aromatic carbocycles. The van der Waals surface area contributed by atoms with E-state index in [-0.39, 0.29) is 34.2 Å². The first-order valence-electron chi connectivity index (χ1n) is 7.79. The molecule has 0 unspecified atom stereocenters. The molecule has 0 saturated carbocycles. The number of nitrogens with one attached hydrogen (secondary N) is 1. The van der Waals surface area contributed by atoms with Crippen molar-refractivity contribution in [1.82, 2.24) is 0 Å². The zero-order chi connectivity index (χ0) is 20.0. The van der Waals surface area contributed by atoms with Gasteiger partial charge in [-0.15, -0.1) is 11.3 Å². The highest BCUT2D eigenvalue weighted by Gasteiger charge is 2.26. The van der Waals surface area contributed by atoms with Gasteiger partial charge in [-0.05, 0) is 30.7 Å². The maximum absolute atomic E-state index is 12.5. The number of ether oxygens (including phenoxy) is 2. The maximum Gasteiger partial charge on any atom is 0.341 e. The van der Waals surface area contributed by atoms with Crippen molar-refractivity contribution >= 4 is 34.1 Å². The van der Waals surface area contributed by atoms with Crippen molar-refractivity contribution in [2.24, 2.45) is 5.73 Å². The van der Waals surface area contributed by atoms with Crippen LogP contribution in [0.4, 0.5) is 5.00 Å². The molecular weight excluding hydrogens is 370 g/mol. The van der Waals surface area contributed by atoms with Gasteiger partial charge in [-0.1, -0.05) is 6.07 Å². The summed E-state index contributed by atoms with van der Waals surface area (Å²) in [6.07, 6.45) is 0. The summed E-state index contributed by atoms with van der Waals surface area (Å²) >= 11 is 0.891. The zero-order valence-electron chi connectivity index (χ0n) is 14.7. The van der Waals surface area contributed by atoms with Crippen LogP contribution in [0, 0.1) is 18.3 Å². The summed E-state index contributed by atoms with van der Waals surface area (Å²) in [7, 11) is 1.47. The first-order chi connectivity index (χ1) is 12.9. The minimum Gasteiger partial charge on any atom is -0.460 e. The lowest BCUT2D eigenvalue weighted by atomic mass is 10.1. The normalized spacial score (nSPS) is 10.1. The monoisotopic (exact) mass is 387 g/mol. The molecule has 140 valence electrons. The Hall–Kier alpha value is -3.22. The van der Waals surface area contributed by atoms with Crippen molar-refractivity contribution in [3.63, 3.8) is 0 Å². The van der Waals surface area contributed by atoms with Gasteiger partial charge in [0.2, 0.25) is 0 Å². The molecule has 0 saturated heterocycles. The molecule has 0 atom stereocenters. The number of rotatable bonds is 7. The fourth-order valence-electron chi connectivity index (χ4n) is 2.28. The van der Waals surface area contributed by atoms with Gasteiger partial charge in [-0.3, -0.25) is 9.59 Å². The Labute approximate surface area is 159 Å². The van der Waals surface area contributed by atoms with Crippen LogP contribution < -0.4 is 11.1 Å². The summed E-state index contributed by atoms with van der Waals surface area (Å²) in [4.78, 5) is 36.7. The molecule has 2 aromatic rings. The van der Waals surface area contributed by atoms with Crippen molar-refractivity contribution in [3.05, 3.63) is 51.4 Å². The summed E-state index contributed by atoms with van der Waals surface area (Å²) in [6, 6.07) is 8.03. The van der Waals surface area contributed by atoms with Crippen LogP contribution in [0.2, 0.25) is 0 Å². The predicted octanol–water partition coefficient (Wildman–Crippen LogP) is 2.08. The lowest BCUT2D eigenvalue weighted by molar-refractivity contribution is 0.0389. The van der Waals surface area contributed by atoms with Gasteiger partial charge in [-0.25, -0.2) is 4.79 Å². The van der Waals surface area contributed by atoms with Gasteiger partial charge in [0.25, 0.3) is 11.8 Å². The van der Waals surface area contributed by atoms with Gasteiger partial charge < -0.3 is 20.5 Å². The highest BCUT2D eigenvalue weighted by molar-refractivity contribution is 7.18. The molecule has 27 heavy (non-hydrogen) atoms. The third-order valence-electron chi connectivity index (χ3n) is 3.58. The molecule has 3 N–H and O–H groups in total. The molecule has 0 bridgehead atoms. The third kappa shape index (κ3) is 4.69. The number of anilines is 1. The van der Waals surface area contributed by atoms with E-state index in [9.17, 15) is 14.4 Å². The molecule has 0 fully saturated rings. The largest absolute Gasteiger partial charge is 0.460 e. The second kappa shape index (κ2) is 8.93. The average Bonchev–Trinajstić information content (AvgIpc) is 2.98. The zero-order valence-corrected chi connectivity index (χ0v) is 15.5. The van der Waals surface area contributed by atoms with E-state index >= 15 is 0 Å². The highest BCUT2D eigenvalue weighted by Crippen LogP contribution is 2.33. The van der Waals surface area contributed by atoms with Crippen LogP contribution >= 0.6 is 11.3 Å². The van der Waals surface area contributed by atoms with Gasteiger partial charge in [0, 0.05) is 12.7 Å². The Morgan fingerprint density at radius 2 is 2.04 bits per heavy atom. The molecule has 0 aliphatic rings. The number of nitrogens with zero attached hydrogens (tertiary/aromatic N) is 1. The quantitative estimate of drug-likeness (QED) is 0.552. The second-order valence-electron chi connectivity index (χ2n) is 5.40. The van der Waals surface area contributed by atoms with Gasteiger partial charge in [0.15, 0.2) is 0 Å². The highest BCUT2D eigenvalue weighted by atomic mass is 32.1. The van der Waals surface area contributed by atoms with Crippen molar-refractivity contribution < 1.29 is 23.9 Å². The fourth-order valence-corrected chi connectivity index (χ4v) is 3.32. The summed E-state index contributed by atoms with van der Waals surface area (Å²) in [5.41, 5.74) is 6.30. The van der Waals surface area contributed by atoms with E-state index in [1.807, 2.05) is 6.07 Å². The van der Waals surface area contributed by atoms with Gasteiger partial charge in [0.05, 0.1) is 28.7 Å². The number of methoxy groups -OCH3 is 1. The molecule has 0 aliphatic heterocycles. The lowest BCUT2D eigenvalue weighted by Crippen LogP contribution is -2.16. The Bertz CT molecular complexity index is 930. The summed E-state index contributed by atoms with van der Waals surface area (Å²) in [5, 5.41) is 11.7. The van der Waals surface area contributed by atoms with Crippen molar-refractivity contribution in [2.75, 3.05) is 25.6 Å². The van der Waals surface area contributed by atoms with E-state index in [1.54, 1.807) is 19.1 Å². The van der Waals surface area contributed by atoms with Crippen LogP contribution in [0.25, 0.3) is 0 Å². The topological polar surface area (TPSA) is 132 Å². The van der Waals surface area contributed by atoms with E-state index in [1.165, 1.54) is 19.2 Å². The van der Waals surface area contributed by atoms with Crippen LogP contribution in [0.3, 0.4) is 0 Å². The summed E-state index contributed by atoms with van der Waals surface area (Å²) in [5.74, 6) is -1.94. The van der Waals surface area contributed by atoms with Crippen LogP contribution in [-0.4, -0.2) is 38.1 Å². The number of primary amides is 1. The van der Waals surface area contributed by atoms with E-state index in [4.69, 9.17) is 20.5 Å². The van der Waals surface area contributed by atoms with E-state index < -0.39 is 17.8 Å². The number of nitriles is 1. The Kier molecular flexibility index (Phi) is 6.65.